The van der Waals surface area contributed by atoms with E-state index in [1.807, 2.05) is 41.6 Å². The molecule has 0 spiro atoms. The molecule has 41 heavy (non-hydrogen) atoms. The van der Waals surface area contributed by atoms with Crippen LogP contribution >= 0.6 is 34.4 Å². The van der Waals surface area contributed by atoms with Crippen LogP contribution in [-0.4, -0.2) is 55.2 Å². The molecule has 4 rings (SSSR count). The summed E-state index contributed by atoms with van der Waals surface area (Å²) in [5.41, 5.74) is 2.83. The van der Waals surface area contributed by atoms with Crippen molar-refractivity contribution < 1.29 is 33.4 Å². The molecule has 212 valence electrons. The SMILES string of the molecule is COc1ccc(NC(=O)CN2C(=O)S/C(=C/c3cc(I)c(OCC(=O)Nc4ccc(C)cc4)c(OC)c3)C2=O)cc1. The summed E-state index contributed by atoms with van der Waals surface area (Å²) in [7, 11) is 3.00. The van der Waals surface area contributed by atoms with Crippen LogP contribution in [-0.2, 0) is 14.4 Å². The second-order valence-corrected chi connectivity index (χ2v) is 10.9. The van der Waals surface area contributed by atoms with Crippen molar-refractivity contribution in [1.82, 2.24) is 4.90 Å². The number of amides is 4. The van der Waals surface area contributed by atoms with Crippen LogP contribution in [0.25, 0.3) is 6.08 Å². The van der Waals surface area contributed by atoms with Gasteiger partial charge in [0, 0.05) is 11.4 Å². The van der Waals surface area contributed by atoms with Gasteiger partial charge in [-0.2, -0.15) is 0 Å². The van der Waals surface area contributed by atoms with E-state index < -0.39 is 23.6 Å². The molecule has 12 heteroatoms. The second-order valence-electron chi connectivity index (χ2n) is 8.78. The molecule has 1 fully saturated rings. The summed E-state index contributed by atoms with van der Waals surface area (Å²) >= 11 is 2.79. The van der Waals surface area contributed by atoms with Gasteiger partial charge < -0.3 is 24.8 Å². The number of nitrogens with zero attached hydrogens (tertiary/aromatic N) is 1. The molecule has 0 radical (unpaired) electrons. The number of rotatable bonds is 10. The maximum Gasteiger partial charge on any atom is 0.294 e. The lowest BCUT2D eigenvalue weighted by Crippen LogP contribution is -2.36. The van der Waals surface area contributed by atoms with Gasteiger partial charge in [0.25, 0.3) is 17.1 Å². The fraction of sp³-hybridized carbons (Fsp3) is 0.172. The zero-order valence-electron chi connectivity index (χ0n) is 22.4. The highest BCUT2D eigenvalue weighted by Gasteiger charge is 2.36. The van der Waals surface area contributed by atoms with Gasteiger partial charge in [0.15, 0.2) is 18.1 Å². The summed E-state index contributed by atoms with van der Waals surface area (Å²) in [4.78, 5) is 51.4. The van der Waals surface area contributed by atoms with Crippen molar-refractivity contribution in [2.75, 3.05) is 38.0 Å². The molecule has 1 heterocycles. The first-order valence-corrected chi connectivity index (χ1v) is 14.1. The standard InChI is InChI=1S/C29H26IN3O7S/c1-17-4-6-19(7-5-17)32-26(35)16-40-27-22(30)12-18(13-23(27)39-3)14-24-28(36)33(29(37)41-24)15-25(34)31-20-8-10-21(38-2)11-9-20/h4-14H,15-16H2,1-3H3,(H,31,34)(H,32,35)/b24-14+. The number of imide groups is 1. The van der Waals surface area contributed by atoms with Crippen molar-refractivity contribution in [2.24, 2.45) is 0 Å². The van der Waals surface area contributed by atoms with E-state index in [9.17, 15) is 19.2 Å². The van der Waals surface area contributed by atoms with Crippen LogP contribution in [0.4, 0.5) is 16.2 Å². The lowest BCUT2D eigenvalue weighted by molar-refractivity contribution is -0.127. The minimum Gasteiger partial charge on any atom is -0.497 e. The number of halogens is 1. The number of benzene rings is 3. The number of hydrogen-bond donors (Lipinski definition) is 2. The van der Waals surface area contributed by atoms with E-state index in [4.69, 9.17) is 14.2 Å². The summed E-state index contributed by atoms with van der Waals surface area (Å²) in [6, 6.07) is 17.5. The molecular weight excluding hydrogens is 661 g/mol. The first-order chi connectivity index (χ1) is 19.7. The first kappa shape index (κ1) is 29.9. The average Bonchev–Trinajstić information content (AvgIpc) is 3.20. The molecule has 3 aromatic carbocycles. The molecule has 10 nitrogen and oxygen atoms in total. The molecule has 2 N–H and O–H groups in total. The smallest absolute Gasteiger partial charge is 0.294 e. The minimum absolute atomic E-state index is 0.163. The van der Waals surface area contributed by atoms with Gasteiger partial charge in [-0.1, -0.05) is 17.7 Å². The molecule has 0 bridgehead atoms. The zero-order valence-corrected chi connectivity index (χ0v) is 25.3. The molecule has 0 unspecified atom stereocenters. The number of methoxy groups -OCH3 is 2. The van der Waals surface area contributed by atoms with Crippen molar-refractivity contribution in [1.29, 1.82) is 0 Å². The van der Waals surface area contributed by atoms with Crippen molar-refractivity contribution in [3.8, 4) is 17.2 Å². The highest BCUT2D eigenvalue weighted by Crippen LogP contribution is 2.37. The molecule has 1 saturated heterocycles. The fourth-order valence-electron chi connectivity index (χ4n) is 3.74. The van der Waals surface area contributed by atoms with Gasteiger partial charge in [-0.05, 0) is 101 Å². The third kappa shape index (κ3) is 7.79. The molecule has 4 amide bonds. The maximum absolute atomic E-state index is 13.0. The molecule has 1 aliphatic rings. The number of aryl methyl sites for hydroxylation is 1. The first-order valence-electron chi connectivity index (χ1n) is 12.2. The quantitative estimate of drug-likeness (QED) is 0.217. The van der Waals surface area contributed by atoms with Gasteiger partial charge in [0.1, 0.15) is 12.3 Å². The maximum atomic E-state index is 13.0. The van der Waals surface area contributed by atoms with Gasteiger partial charge in [-0.15, -0.1) is 0 Å². The Labute approximate surface area is 254 Å². The summed E-state index contributed by atoms with van der Waals surface area (Å²) in [6.07, 6.45) is 1.55. The van der Waals surface area contributed by atoms with Gasteiger partial charge in [-0.3, -0.25) is 24.1 Å². The molecule has 0 aromatic heterocycles. The minimum atomic E-state index is -0.577. The number of nitrogens with one attached hydrogen (secondary N) is 2. The zero-order chi connectivity index (χ0) is 29.5. The molecule has 0 atom stereocenters. The largest absolute Gasteiger partial charge is 0.497 e. The van der Waals surface area contributed by atoms with Crippen LogP contribution in [0.2, 0.25) is 0 Å². The summed E-state index contributed by atoms with van der Waals surface area (Å²) in [5.74, 6) is -0.0686. The van der Waals surface area contributed by atoms with Crippen LogP contribution in [0.5, 0.6) is 17.2 Å². The Morgan fingerprint density at radius 2 is 1.56 bits per heavy atom. The Hall–Kier alpha value is -4.04. The van der Waals surface area contributed by atoms with Crippen molar-refractivity contribution in [3.63, 3.8) is 0 Å². The van der Waals surface area contributed by atoms with Crippen LogP contribution in [0, 0.1) is 10.5 Å². The topological polar surface area (TPSA) is 123 Å². The van der Waals surface area contributed by atoms with Crippen LogP contribution in [0.1, 0.15) is 11.1 Å². The fourth-order valence-corrected chi connectivity index (χ4v) is 5.36. The number of carbonyl (C=O) groups is 4. The highest BCUT2D eigenvalue weighted by molar-refractivity contribution is 14.1. The Kier molecular flexibility index (Phi) is 9.89. The van der Waals surface area contributed by atoms with E-state index in [1.54, 1.807) is 54.6 Å². The van der Waals surface area contributed by atoms with Crippen LogP contribution < -0.4 is 24.8 Å². The Morgan fingerprint density at radius 3 is 2.20 bits per heavy atom. The predicted molar refractivity (Wildman–Crippen MR) is 165 cm³/mol. The number of hydrogen-bond acceptors (Lipinski definition) is 8. The van der Waals surface area contributed by atoms with Crippen molar-refractivity contribution in [2.45, 2.75) is 6.92 Å². The predicted octanol–water partition coefficient (Wildman–Crippen LogP) is 5.31. The summed E-state index contributed by atoms with van der Waals surface area (Å²) in [5, 5.41) is 4.89. The van der Waals surface area contributed by atoms with Gasteiger partial charge in [-0.25, -0.2) is 0 Å². The Balaban J connectivity index is 1.40. The molecule has 3 aromatic rings. The molecule has 0 saturated carbocycles. The van der Waals surface area contributed by atoms with Crippen molar-refractivity contribution >= 4 is 74.8 Å². The lowest BCUT2D eigenvalue weighted by atomic mass is 10.2. The van der Waals surface area contributed by atoms with E-state index in [0.29, 0.717) is 37.8 Å². The van der Waals surface area contributed by atoms with Crippen LogP contribution in [0.3, 0.4) is 0 Å². The van der Waals surface area contributed by atoms with E-state index in [-0.39, 0.29) is 17.4 Å². The van der Waals surface area contributed by atoms with E-state index in [2.05, 4.69) is 10.6 Å². The van der Waals surface area contributed by atoms with Crippen LogP contribution in [0.15, 0.2) is 65.6 Å². The second kappa shape index (κ2) is 13.5. The highest BCUT2D eigenvalue weighted by atomic mass is 127. The number of anilines is 2. The van der Waals surface area contributed by atoms with E-state index in [1.165, 1.54) is 14.2 Å². The summed E-state index contributed by atoms with van der Waals surface area (Å²) in [6.45, 7) is 1.30. The van der Waals surface area contributed by atoms with Gasteiger partial charge in [0.05, 0.1) is 22.7 Å². The lowest BCUT2D eigenvalue weighted by Gasteiger charge is -2.14. The van der Waals surface area contributed by atoms with Crippen molar-refractivity contribution in [3.05, 3.63) is 80.3 Å². The summed E-state index contributed by atoms with van der Waals surface area (Å²) < 4.78 is 16.9. The molecule has 0 aliphatic carbocycles. The monoisotopic (exact) mass is 687 g/mol. The molecule has 1 aliphatic heterocycles. The normalized spacial score (nSPS) is 13.8. The average molecular weight is 688 g/mol. The number of ether oxygens (including phenoxy) is 3. The third-order valence-electron chi connectivity index (χ3n) is 5.78. The van der Waals surface area contributed by atoms with Gasteiger partial charge >= 0.3 is 0 Å². The molecular formula is C29H26IN3O7S. The number of thioether (sulfide) groups is 1. The Bertz CT molecular complexity index is 1510. The number of carbonyl (C=O) groups excluding carboxylic acids is 4. The Morgan fingerprint density at radius 1 is 0.927 bits per heavy atom. The van der Waals surface area contributed by atoms with Gasteiger partial charge in [0.2, 0.25) is 5.91 Å². The van der Waals surface area contributed by atoms with E-state index >= 15 is 0 Å². The third-order valence-corrected chi connectivity index (χ3v) is 7.49. The van der Waals surface area contributed by atoms with E-state index in [0.717, 1.165) is 22.2 Å².